The number of ether oxygens (including phenoxy) is 1. The number of thiophene rings is 1. The van der Waals surface area contributed by atoms with E-state index in [1.54, 1.807) is 0 Å². The van der Waals surface area contributed by atoms with E-state index >= 15 is 0 Å². The molecule has 0 radical (unpaired) electrons. The van der Waals surface area contributed by atoms with Crippen molar-refractivity contribution in [1.29, 1.82) is 0 Å². The number of aliphatic carboxylic acids is 1. The lowest BCUT2D eigenvalue weighted by atomic mass is 9.98. The topological polar surface area (TPSA) is 46.5 Å². The number of hydrogen-bond donors (Lipinski definition) is 1. The van der Waals surface area contributed by atoms with Crippen molar-refractivity contribution < 1.29 is 14.6 Å². The fourth-order valence-corrected chi connectivity index (χ4v) is 2.52. The molecule has 2 heterocycles. The van der Waals surface area contributed by atoms with Crippen LogP contribution in [0.3, 0.4) is 0 Å². The number of carboxylic acids is 1. The van der Waals surface area contributed by atoms with E-state index < -0.39 is 11.6 Å². The third-order valence-corrected chi connectivity index (χ3v) is 3.30. The van der Waals surface area contributed by atoms with Crippen LogP contribution in [0.4, 0.5) is 0 Å². The standard InChI is InChI=1S/C9H10O3S/c10-8(11)9(4-2-5-12-9)7-3-1-6-13-7/h1,3,6H,2,4-5H2,(H,10,11). The van der Waals surface area contributed by atoms with Crippen LogP contribution in [0.25, 0.3) is 0 Å². The largest absolute Gasteiger partial charge is 0.479 e. The van der Waals surface area contributed by atoms with Gasteiger partial charge in [0.25, 0.3) is 0 Å². The summed E-state index contributed by atoms with van der Waals surface area (Å²) < 4.78 is 5.36. The fraction of sp³-hybridized carbons (Fsp3) is 0.444. The highest BCUT2D eigenvalue weighted by molar-refractivity contribution is 7.10. The summed E-state index contributed by atoms with van der Waals surface area (Å²) in [4.78, 5) is 11.9. The molecule has 1 aliphatic rings. The fourth-order valence-electron chi connectivity index (χ4n) is 1.62. The highest BCUT2D eigenvalue weighted by atomic mass is 32.1. The molecule has 13 heavy (non-hydrogen) atoms. The molecular weight excluding hydrogens is 188 g/mol. The zero-order chi connectivity index (χ0) is 9.31. The van der Waals surface area contributed by atoms with Crippen molar-refractivity contribution in [3.8, 4) is 0 Å². The van der Waals surface area contributed by atoms with Gasteiger partial charge in [0, 0.05) is 11.5 Å². The minimum Gasteiger partial charge on any atom is -0.479 e. The normalized spacial score (nSPS) is 27.7. The van der Waals surface area contributed by atoms with Crippen molar-refractivity contribution in [1.82, 2.24) is 0 Å². The van der Waals surface area contributed by atoms with Gasteiger partial charge in [0.15, 0.2) is 5.60 Å². The number of hydrogen-bond acceptors (Lipinski definition) is 3. The average molecular weight is 198 g/mol. The summed E-state index contributed by atoms with van der Waals surface area (Å²) in [5, 5.41) is 11.0. The first kappa shape index (κ1) is 8.72. The summed E-state index contributed by atoms with van der Waals surface area (Å²) in [6.07, 6.45) is 1.41. The summed E-state index contributed by atoms with van der Waals surface area (Å²) in [6, 6.07) is 3.68. The van der Waals surface area contributed by atoms with E-state index in [1.165, 1.54) is 11.3 Å². The van der Waals surface area contributed by atoms with Gasteiger partial charge >= 0.3 is 5.97 Å². The van der Waals surface area contributed by atoms with Gasteiger partial charge in [-0.15, -0.1) is 11.3 Å². The van der Waals surface area contributed by atoms with Gasteiger partial charge < -0.3 is 9.84 Å². The second kappa shape index (κ2) is 3.12. The van der Waals surface area contributed by atoms with Gasteiger partial charge in [-0.25, -0.2) is 4.79 Å². The van der Waals surface area contributed by atoms with Crippen LogP contribution in [0.1, 0.15) is 17.7 Å². The zero-order valence-corrected chi connectivity index (χ0v) is 7.84. The van der Waals surface area contributed by atoms with E-state index in [1.807, 2.05) is 17.5 Å². The van der Waals surface area contributed by atoms with Crippen molar-refractivity contribution in [2.45, 2.75) is 18.4 Å². The molecular formula is C9H10O3S. The molecule has 1 unspecified atom stereocenters. The third-order valence-electron chi connectivity index (χ3n) is 2.29. The monoisotopic (exact) mass is 198 g/mol. The van der Waals surface area contributed by atoms with Crippen LogP contribution >= 0.6 is 11.3 Å². The van der Waals surface area contributed by atoms with Gasteiger partial charge in [0.1, 0.15) is 0 Å². The quantitative estimate of drug-likeness (QED) is 0.788. The molecule has 0 aromatic carbocycles. The van der Waals surface area contributed by atoms with E-state index in [4.69, 9.17) is 9.84 Å². The lowest BCUT2D eigenvalue weighted by Gasteiger charge is -2.21. The van der Waals surface area contributed by atoms with Gasteiger partial charge in [-0.3, -0.25) is 0 Å². The van der Waals surface area contributed by atoms with Crippen LogP contribution in [0, 0.1) is 0 Å². The second-order valence-corrected chi connectivity index (χ2v) is 4.01. The molecule has 0 amide bonds. The summed E-state index contributed by atoms with van der Waals surface area (Å²) in [5.74, 6) is -0.868. The Labute approximate surface area is 80.0 Å². The first-order valence-electron chi connectivity index (χ1n) is 4.17. The first-order valence-corrected chi connectivity index (χ1v) is 5.05. The first-order chi connectivity index (χ1) is 6.26. The molecule has 1 fully saturated rings. The van der Waals surface area contributed by atoms with Crippen LogP contribution in [0.5, 0.6) is 0 Å². The maximum atomic E-state index is 11.1. The number of carbonyl (C=O) groups is 1. The predicted molar refractivity (Wildman–Crippen MR) is 48.8 cm³/mol. The molecule has 1 atom stereocenters. The summed E-state index contributed by atoms with van der Waals surface area (Å²) in [5.41, 5.74) is -1.05. The molecule has 0 saturated carbocycles. The van der Waals surface area contributed by atoms with Crippen LogP contribution < -0.4 is 0 Å². The molecule has 0 spiro atoms. The van der Waals surface area contributed by atoms with E-state index in [-0.39, 0.29) is 0 Å². The Morgan fingerprint density at radius 1 is 1.69 bits per heavy atom. The Kier molecular flexibility index (Phi) is 2.09. The molecule has 1 saturated heterocycles. The lowest BCUT2D eigenvalue weighted by Crippen LogP contribution is -2.33. The van der Waals surface area contributed by atoms with Gasteiger partial charge in [-0.05, 0) is 24.3 Å². The van der Waals surface area contributed by atoms with Crippen LogP contribution in [0.2, 0.25) is 0 Å². The molecule has 0 aliphatic carbocycles. The van der Waals surface area contributed by atoms with Crippen molar-refractivity contribution in [3.63, 3.8) is 0 Å². The molecule has 0 bridgehead atoms. The molecule has 1 aromatic heterocycles. The van der Waals surface area contributed by atoms with Gasteiger partial charge in [0.05, 0.1) is 0 Å². The Morgan fingerprint density at radius 2 is 2.54 bits per heavy atom. The van der Waals surface area contributed by atoms with E-state index in [9.17, 15) is 4.79 Å². The molecule has 1 N–H and O–H groups in total. The lowest BCUT2D eigenvalue weighted by molar-refractivity contribution is -0.160. The van der Waals surface area contributed by atoms with Crippen LogP contribution in [0.15, 0.2) is 17.5 Å². The highest BCUT2D eigenvalue weighted by Crippen LogP contribution is 2.38. The molecule has 2 rings (SSSR count). The average Bonchev–Trinajstić information content (AvgIpc) is 2.75. The van der Waals surface area contributed by atoms with Crippen LogP contribution in [-0.4, -0.2) is 17.7 Å². The minimum atomic E-state index is -1.05. The van der Waals surface area contributed by atoms with Crippen molar-refractivity contribution in [2.75, 3.05) is 6.61 Å². The number of carboxylic acid groups (broad SMARTS) is 1. The van der Waals surface area contributed by atoms with Crippen molar-refractivity contribution >= 4 is 17.3 Å². The van der Waals surface area contributed by atoms with Gasteiger partial charge in [-0.1, -0.05) is 6.07 Å². The van der Waals surface area contributed by atoms with E-state index in [0.29, 0.717) is 13.0 Å². The highest BCUT2D eigenvalue weighted by Gasteiger charge is 2.45. The Hall–Kier alpha value is -0.870. The Balaban J connectivity index is 2.39. The molecule has 3 nitrogen and oxygen atoms in total. The maximum absolute atomic E-state index is 11.1. The Bertz CT molecular complexity index is 299. The maximum Gasteiger partial charge on any atom is 0.341 e. The third kappa shape index (κ3) is 1.26. The summed E-state index contributed by atoms with van der Waals surface area (Å²) in [6.45, 7) is 0.546. The molecule has 4 heteroatoms. The minimum absolute atomic E-state index is 0.546. The van der Waals surface area contributed by atoms with Gasteiger partial charge in [0.2, 0.25) is 0 Å². The molecule has 1 aliphatic heterocycles. The van der Waals surface area contributed by atoms with Gasteiger partial charge in [-0.2, -0.15) is 0 Å². The van der Waals surface area contributed by atoms with Crippen LogP contribution in [-0.2, 0) is 15.1 Å². The van der Waals surface area contributed by atoms with Crippen molar-refractivity contribution in [2.24, 2.45) is 0 Å². The van der Waals surface area contributed by atoms with E-state index in [0.717, 1.165) is 11.3 Å². The SMILES string of the molecule is O=C(O)C1(c2cccs2)CCCO1. The predicted octanol–water partition coefficient (Wildman–Crippen LogP) is 1.84. The second-order valence-electron chi connectivity index (χ2n) is 3.06. The van der Waals surface area contributed by atoms with Crippen molar-refractivity contribution in [3.05, 3.63) is 22.4 Å². The molecule has 70 valence electrons. The summed E-state index contributed by atoms with van der Waals surface area (Å²) >= 11 is 1.44. The number of rotatable bonds is 2. The van der Waals surface area contributed by atoms with E-state index in [2.05, 4.69) is 0 Å². The molecule has 1 aromatic rings. The summed E-state index contributed by atoms with van der Waals surface area (Å²) in [7, 11) is 0. The smallest absolute Gasteiger partial charge is 0.341 e. The zero-order valence-electron chi connectivity index (χ0n) is 7.03. The Morgan fingerprint density at radius 3 is 3.00 bits per heavy atom.